The highest BCUT2D eigenvalue weighted by Gasteiger charge is 2.26. The Morgan fingerprint density at radius 1 is 1.11 bits per heavy atom. The lowest BCUT2D eigenvalue weighted by molar-refractivity contribution is 0.533. The number of nitrogens with zero attached hydrogens (tertiary/aromatic N) is 3. The highest BCUT2D eigenvalue weighted by Crippen LogP contribution is 2.32. The average molecular weight is 529 g/mol. The van der Waals surface area contributed by atoms with Crippen molar-refractivity contribution < 1.29 is 8.42 Å². The van der Waals surface area contributed by atoms with Gasteiger partial charge in [-0.05, 0) is 47.9 Å². The predicted octanol–water partition coefficient (Wildman–Crippen LogP) is 4.34. The van der Waals surface area contributed by atoms with E-state index < -0.39 is 16.1 Å². The first-order chi connectivity index (χ1) is 16.6. The monoisotopic (exact) mass is 528 g/mol. The number of rotatable bonds is 8. The number of halogens is 2. The summed E-state index contributed by atoms with van der Waals surface area (Å²) in [4.78, 5) is 0.0747. The van der Waals surface area contributed by atoms with Crippen molar-refractivity contribution in [2.24, 2.45) is 12.8 Å². The van der Waals surface area contributed by atoms with Gasteiger partial charge in [-0.15, -0.1) is 10.2 Å². The van der Waals surface area contributed by atoms with Crippen molar-refractivity contribution in [2.45, 2.75) is 17.4 Å². The molecule has 180 valence electrons. The van der Waals surface area contributed by atoms with Crippen LogP contribution in [0.25, 0.3) is 11.1 Å². The molecule has 0 aliphatic heterocycles. The summed E-state index contributed by atoms with van der Waals surface area (Å²) in [6.45, 7) is 0. The Bertz CT molecular complexity index is 1500. The van der Waals surface area contributed by atoms with Gasteiger partial charge in [0.2, 0.25) is 10.0 Å². The maximum absolute atomic E-state index is 13.5. The summed E-state index contributed by atoms with van der Waals surface area (Å²) >= 11 is 12.3. The molecule has 0 unspecified atom stereocenters. The van der Waals surface area contributed by atoms with Crippen LogP contribution in [0.2, 0.25) is 10.0 Å². The van der Waals surface area contributed by atoms with Crippen LogP contribution in [0.3, 0.4) is 0 Å². The quantitative estimate of drug-likeness (QED) is 0.231. The second kappa shape index (κ2) is 10.2. The normalized spacial score (nSPS) is 12.4. The van der Waals surface area contributed by atoms with Gasteiger partial charge < -0.3 is 10.3 Å². The summed E-state index contributed by atoms with van der Waals surface area (Å²) in [5.74, 6) is 0.374. The zero-order valence-electron chi connectivity index (χ0n) is 18.6. The third-order valence-electron chi connectivity index (χ3n) is 5.42. The first-order valence-corrected chi connectivity index (χ1v) is 12.7. The minimum atomic E-state index is -3.97. The van der Waals surface area contributed by atoms with Gasteiger partial charge in [-0.25, -0.2) is 13.1 Å². The standard InChI is InChI=1S/C24H22Cl2N6O2S/c1-32-14-29-30-24(32)22(11-15-4-2-6-17(10-15)23(27)28)31-35(33,34)19-7-3-5-16(12-19)20-9-8-18(25)13-21(20)26/h2-10,12-14,22,31H,11H2,1H3,(H3,27,28)/t22-/m0/s1. The van der Waals surface area contributed by atoms with E-state index in [9.17, 15) is 8.42 Å². The van der Waals surface area contributed by atoms with Gasteiger partial charge in [0.1, 0.15) is 12.2 Å². The molecule has 0 saturated heterocycles. The van der Waals surface area contributed by atoms with E-state index in [4.69, 9.17) is 34.3 Å². The number of nitrogens with two attached hydrogens (primary N) is 1. The van der Waals surface area contributed by atoms with Crippen LogP contribution in [0.15, 0.2) is 78.0 Å². The van der Waals surface area contributed by atoms with Gasteiger partial charge in [0.25, 0.3) is 0 Å². The van der Waals surface area contributed by atoms with Crippen molar-refractivity contribution >= 4 is 39.1 Å². The molecule has 35 heavy (non-hydrogen) atoms. The van der Waals surface area contributed by atoms with Crippen molar-refractivity contribution in [1.29, 1.82) is 5.41 Å². The number of nitrogens with one attached hydrogen (secondary N) is 2. The van der Waals surface area contributed by atoms with Gasteiger partial charge in [-0.3, -0.25) is 5.41 Å². The van der Waals surface area contributed by atoms with Crippen LogP contribution in [0.5, 0.6) is 0 Å². The van der Waals surface area contributed by atoms with Gasteiger partial charge in [0.15, 0.2) is 5.82 Å². The van der Waals surface area contributed by atoms with Gasteiger partial charge in [0, 0.05) is 28.2 Å². The van der Waals surface area contributed by atoms with E-state index >= 15 is 0 Å². The summed E-state index contributed by atoms with van der Waals surface area (Å²) in [5.41, 5.74) is 8.26. The molecule has 0 aliphatic rings. The topological polar surface area (TPSA) is 127 Å². The third-order valence-corrected chi connectivity index (χ3v) is 7.44. The van der Waals surface area contributed by atoms with E-state index in [-0.39, 0.29) is 17.2 Å². The molecule has 3 aromatic carbocycles. The van der Waals surface area contributed by atoms with Crippen LogP contribution in [0.4, 0.5) is 0 Å². The largest absolute Gasteiger partial charge is 0.384 e. The number of nitrogen functional groups attached to an aromatic ring is 1. The SMILES string of the molecule is Cn1cnnc1[C@H](Cc1cccc(C(=N)N)c1)NS(=O)(=O)c1cccc(-c2ccc(Cl)cc2Cl)c1. The summed E-state index contributed by atoms with van der Waals surface area (Å²) in [7, 11) is -2.23. The second-order valence-electron chi connectivity index (χ2n) is 7.94. The van der Waals surface area contributed by atoms with Crippen molar-refractivity contribution in [3.63, 3.8) is 0 Å². The molecule has 1 aromatic heterocycles. The molecule has 8 nitrogen and oxygen atoms in total. The van der Waals surface area contributed by atoms with Crippen LogP contribution >= 0.6 is 23.2 Å². The summed E-state index contributed by atoms with van der Waals surface area (Å²) < 4.78 is 31.3. The minimum Gasteiger partial charge on any atom is -0.384 e. The maximum Gasteiger partial charge on any atom is 0.241 e. The molecular weight excluding hydrogens is 507 g/mol. The van der Waals surface area contributed by atoms with Crippen molar-refractivity contribution in [3.05, 3.63) is 100 Å². The highest BCUT2D eigenvalue weighted by molar-refractivity contribution is 7.89. The smallest absolute Gasteiger partial charge is 0.241 e. The fourth-order valence-corrected chi connectivity index (χ4v) is 5.46. The second-order valence-corrected chi connectivity index (χ2v) is 10.5. The highest BCUT2D eigenvalue weighted by atomic mass is 35.5. The Morgan fingerprint density at radius 2 is 1.89 bits per heavy atom. The first kappa shape index (κ1) is 24.9. The zero-order chi connectivity index (χ0) is 25.2. The first-order valence-electron chi connectivity index (χ1n) is 10.5. The van der Waals surface area contributed by atoms with Crippen LogP contribution in [-0.4, -0.2) is 29.0 Å². The number of aryl methyl sites for hydroxylation is 1. The van der Waals surface area contributed by atoms with E-state index in [0.29, 0.717) is 32.6 Å². The number of sulfonamides is 1. The van der Waals surface area contributed by atoms with Crippen LogP contribution in [0, 0.1) is 5.41 Å². The van der Waals surface area contributed by atoms with E-state index in [2.05, 4.69) is 14.9 Å². The Hall–Kier alpha value is -3.24. The number of amidine groups is 1. The van der Waals surface area contributed by atoms with Crippen molar-refractivity contribution in [3.8, 4) is 11.1 Å². The molecule has 1 heterocycles. The molecule has 0 bridgehead atoms. The lowest BCUT2D eigenvalue weighted by Gasteiger charge is -2.19. The molecular formula is C24H22Cl2N6O2S. The van der Waals surface area contributed by atoms with E-state index in [1.807, 2.05) is 6.07 Å². The molecule has 0 aliphatic carbocycles. The van der Waals surface area contributed by atoms with E-state index in [1.54, 1.807) is 66.2 Å². The Morgan fingerprint density at radius 3 is 2.57 bits per heavy atom. The fourth-order valence-electron chi connectivity index (χ4n) is 3.70. The number of benzene rings is 3. The number of hydrogen-bond donors (Lipinski definition) is 3. The molecule has 11 heteroatoms. The van der Waals surface area contributed by atoms with E-state index in [1.165, 1.54) is 12.4 Å². The lowest BCUT2D eigenvalue weighted by atomic mass is 10.0. The van der Waals surface area contributed by atoms with Crippen LogP contribution in [-0.2, 0) is 23.5 Å². The molecule has 4 rings (SSSR count). The molecule has 1 atom stereocenters. The predicted molar refractivity (Wildman–Crippen MR) is 137 cm³/mol. The zero-order valence-corrected chi connectivity index (χ0v) is 20.9. The van der Waals surface area contributed by atoms with Gasteiger partial charge in [0.05, 0.1) is 10.9 Å². The molecule has 4 aromatic rings. The van der Waals surface area contributed by atoms with Crippen molar-refractivity contribution in [2.75, 3.05) is 0 Å². The Kier molecular flexibility index (Phi) is 7.23. The molecule has 4 N–H and O–H groups in total. The molecule has 0 saturated carbocycles. The van der Waals surface area contributed by atoms with Gasteiger partial charge in [-0.1, -0.05) is 59.6 Å². The molecule has 0 fully saturated rings. The minimum absolute atomic E-state index is 0.0692. The number of aromatic nitrogens is 3. The summed E-state index contributed by atoms with van der Waals surface area (Å²) in [6, 6.07) is 17.9. The van der Waals surface area contributed by atoms with E-state index in [0.717, 1.165) is 5.56 Å². The van der Waals surface area contributed by atoms with Gasteiger partial charge in [-0.2, -0.15) is 0 Å². The molecule has 0 amide bonds. The molecule has 0 spiro atoms. The third kappa shape index (κ3) is 5.71. The Labute approximate surface area is 213 Å². The lowest BCUT2D eigenvalue weighted by Crippen LogP contribution is -2.32. The maximum atomic E-state index is 13.5. The van der Waals surface area contributed by atoms with Crippen LogP contribution < -0.4 is 10.5 Å². The van der Waals surface area contributed by atoms with Gasteiger partial charge >= 0.3 is 0 Å². The average Bonchev–Trinajstić information content (AvgIpc) is 3.24. The summed E-state index contributed by atoms with van der Waals surface area (Å²) in [6.07, 6.45) is 1.78. The van der Waals surface area contributed by atoms with Crippen molar-refractivity contribution in [1.82, 2.24) is 19.5 Å². The molecule has 0 radical (unpaired) electrons. The fraction of sp³-hybridized carbons (Fsp3) is 0.125. The van der Waals surface area contributed by atoms with Crippen LogP contribution in [0.1, 0.15) is 23.0 Å². The number of hydrogen-bond acceptors (Lipinski definition) is 5. The Balaban J connectivity index is 1.68. The summed E-state index contributed by atoms with van der Waals surface area (Å²) in [5, 5.41) is 16.6.